The molecule has 1 aliphatic rings. The van der Waals surface area contributed by atoms with Crippen LogP contribution in [0.4, 0.5) is 5.69 Å². The number of benzene rings is 2. The summed E-state index contributed by atoms with van der Waals surface area (Å²) >= 11 is 5.97. The number of carbonyl (C=O) groups is 2. The van der Waals surface area contributed by atoms with E-state index in [4.69, 9.17) is 21.1 Å². The van der Waals surface area contributed by atoms with Crippen LogP contribution in [0.3, 0.4) is 0 Å². The molecule has 3 rings (SSSR count). The van der Waals surface area contributed by atoms with Gasteiger partial charge in [-0.15, -0.1) is 0 Å². The van der Waals surface area contributed by atoms with Crippen molar-refractivity contribution in [2.75, 3.05) is 25.1 Å². The normalized spacial score (nSPS) is 14.2. The molecule has 2 N–H and O–H groups in total. The molecule has 2 amide bonds. The third-order valence-electron chi connectivity index (χ3n) is 4.04. The van der Waals surface area contributed by atoms with Gasteiger partial charge in [-0.1, -0.05) is 23.7 Å². The van der Waals surface area contributed by atoms with Gasteiger partial charge in [0.05, 0.1) is 5.69 Å². The molecule has 0 aliphatic carbocycles. The highest BCUT2D eigenvalue weighted by molar-refractivity contribution is 6.30. The number of carbonyl (C=O) groups excluding carboxylic acids is 2. The topological polar surface area (TPSA) is 76.7 Å². The zero-order valence-corrected chi connectivity index (χ0v) is 16.2. The quantitative estimate of drug-likeness (QED) is 0.546. The molecule has 28 heavy (non-hydrogen) atoms. The van der Waals surface area contributed by atoms with Crippen molar-refractivity contribution in [2.45, 2.75) is 13.3 Å². The number of hydrogen-bond acceptors (Lipinski definition) is 4. The molecule has 146 valence electrons. The number of amides is 2. The highest BCUT2D eigenvalue weighted by Gasteiger charge is 2.23. The molecular formula is C21H21ClN2O4. The van der Waals surface area contributed by atoms with Crippen molar-refractivity contribution in [1.29, 1.82) is 0 Å². The van der Waals surface area contributed by atoms with E-state index in [0.717, 1.165) is 12.0 Å². The molecule has 0 atom stereocenters. The standard InChI is InChI=1S/C21H21ClN2O4/c1-2-27-10-4-9-23-20(25)15-7-8-18-17(13-15)24-21(26)19(28-18)12-14-5-3-6-16(22)11-14/h3,5-8,11-13H,2,4,9-10H2,1H3,(H,23,25)(H,24,26). The minimum Gasteiger partial charge on any atom is -0.449 e. The second-order valence-corrected chi connectivity index (χ2v) is 6.57. The minimum atomic E-state index is -0.387. The van der Waals surface area contributed by atoms with Crippen molar-refractivity contribution in [1.82, 2.24) is 5.32 Å². The first-order valence-electron chi connectivity index (χ1n) is 9.03. The van der Waals surface area contributed by atoms with E-state index in [0.29, 0.717) is 41.8 Å². The van der Waals surface area contributed by atoms with Crippen molar-refractivity contribution in [2.24, 2.45) is 0 Å². The summed E-state index contributed by atoms with van der Waals surface area (Å²) in [5.74, 6) is 0.0271. The smallest absolute Gasteiger partial charge is 0.291 e. The molecule has 2 aromatic rings. The maximum absolute atomic E-state index is 12.3. The lowest BCUT2D eigenvalue weighted by Gasteiger charge is -2.20. The van der Waals surface area contributed by atoms with E-state index in [-0.39, 0.29) is 17.6 Å². The Bertz CT molecular complexity index is 911. The van der Waals surface area contributed by atoms with Gasteiger partial charge in [-0.05, 0) is 55.3 Å². The van der Waals surface area contributed by atoms with Gasteiger partial charge in [-0.25, -0.2) is 0 Å². The lowest BCUT2D eigenvalue weighted by atomic mass is 10.1. The Labute approximate surface area is 168 Å². The summed E-state index contributed by atoms with van der Waals surface area (Å²) in [6.07, 6.45) is 2.35. The lowest BCUT2D eigenvalue weighted by molar-refractivity contribution is -0.115. The molecule has 1 aliphatic heterocycles. The van der Waals surface area contributed by atoms with Gasteiger partial charge in [0.25, 0.3) is 11.8 Å². The van der Waals surface area contributed by atoms with E-state index >= 15 is 0 Å². The monoisotopic (exact) mass is 400 g/mol. The summed E-state index contributed by atoms with van der Waals surface area (Å²) in [4.78, 5) is 24.6. The molecule has 0 aromatic heterocycles. The molecule has 6 nitrogen and oxygen atoms in total. The van der Waals surface area contributed by atoms with Gasteiger partial charge in [-0.2, -0.15) is 0 Å². The molecule has 0 bridgehead atoms. The predicted molar refractivity (Wildman–Crippen MR) is 109 cm³/mol. The largest absolute Gasteiger partial charge is 0.449 e. The molecule has 0 saturated heterocycles. The second kappa shape index (κ2) is 9.39. The average molecular weight is 401 g/mol. The zero-order chi connectivity index (χ0) is 19.9. The molecule has 2 aromatic carbocycles. The zero-order valence-electron chi connectivity index (χ0n) is 15.5. The number of rotatable bonds is 7. The first kappa shape index (κ1) is 19.9. The summed E-state index contributed by atoms with van der Waals surface area (Å²) in [6.45, 7) is 3.71. The minimum absolute atomic E-state index is 0.155. The molecule has 0 fully saturated rings. The number of hydrogen-bond donors (Lipinski definition) is 2. The van der Waals surface area contributed by atoms with Crippen LogP contribution >= 0.6 is 11.6 Å². The van der Waals surface area contributed by atoms with Crippen molar-refractivity contribution in [3.05, 3.63) is 64.4 Å². The molecular weight excluding hydrogens is 380 g/mol. The highest BCUT2D eigenvalue weighted by atomic mass is 35.5. The number of ether oxygens (including phenoxy) is 2. The van der Waals surface area contributed by atoms with E-state index in [9.17, 15) is 9.59 Å². The fourth-order valence-corrected chi connectivity index (χ4v) is 2.87. The van der Waals surface area contributed by atoms with Crippen LogP contribution in [0.1, 0.15) is 29.3 Å². The Hall–Kier alpha value is -2.83. The maximum Gasteiger partial charge on any atom is 0.291 e. The predicted octanol–water partition coefficient (Wildman–Crippen LogP) is 3.87. The van der Waals surface area contributed by atoms with E-state index in [1.54, 1.807) is 42.5 Å². The summed E-state index contributed by atoms with van der Waals surface area (Å²) in [5.41, 5.74) is 1.65. The summed E-state index contributed by atoms with van der Waals surface area (Å²) in [5, 5.41) is 6.16. The Kier molecular flexibility index (Phi) is 6.68. The van der Waals surface area contributed by atoms with Crippen LogP contribution in [0, 0.1) is 0 Å². The Morgan fingerprint density at radius 2 is 2.14 bits per heavy atom. The van der Waals surface area contributed by atoms with Crippen LogP contribution < -0.4 is 15.4 Å². The van der Waals surface area contributed by atoms with Gasteiger partial charge in [0.15, 0.2) is 11.5 Å². The number of halogens is 1. The summed E-state index contributed by atoms with van der Waals surface area (Å²) < 4.78 is 10.9. The van der Waals surface area contributed by atoms with Crippen molar-refractivity contribution >= 4 is 35.2 Å². The second-order valence-electron chi connectivity index (χ2n) is 6.14. The molecule has 0 spiro atoms. The highest BCUT2D eigenvalue weighted by Crippen LogP contribution is 2.32. The van der Waals surface area contributed by atoms with Gasteiger partial charge in [0, 0.05) is 30.3 Å². The van der Waals surface area contributed by atoms with Crippen LogP contribution in [0.5, 0.6) is 5.75 Å². The first-order chi connectivity index (χ1) is 13.6. The lowest BCUT2D eigenvalue weighted by Crippen LogP contribution is -2.27. The molecule has 0 unspecified atom stereocenters. The summed E-state index contributed by atoms with van der Waals surface area (Å²) in [7, 11) is 0. The van der Waals surface area contributed by atoms with Gasteiger partial charge in [-0.3, -0.25) is 9.59 Å². The average Bonchev–Trinajstić information content (AvgIpc) is 2.68. The summed E-state index contributed by atoms with van der Waals surface area (Å²) in [6, 6.07) is 12.0. The van der Waals surface area contributed by atoms with E-state index < -0.39 is 0 Å². The molecule has 7 heteroatoms. The van der Waals surface area contributed by atoms with Crippen molar-refractivity contribution < 1.29 is 19.1 Å². The fourth-order valence-electron chi connectivity index (χ4n) is 2.67. The van der Waals surface area contributed by atoms with Gasteiger partial charge in [0.1, 0.15) is 0 Å². The van der Waals surface area contributed by atoms with Gasteiger partial charge in [0.2, 0.25) is 0 Å². The van der Waals surface area contributed by atoms with Gasteiger partial charge < -0.3 is 20.1 Å². The number of fused-ring (bicyclic) bond motifs is 1. The number of anilines is 1. The van der Waals surface area contributed by atoms with Crippen LogP contribution in [-0.4, -0.2) is 31.6 Å². The number of nitrogens with one attached hydrogen (secondary N) is 2. The maximum atomic E-state index is 12.3. The molecule has 1 heterocycles. The van der Waals surface area contributed by atoms with Gasteiger partial charge >= 0.3 is 0 Å². The third-order valence-corrected chi connectivity index (χ3v) is 4.27. The Balaban J connectivity index is 1.68. The fraction of sp³-hybridized carbons (Fsp3) is 0.238. The third kappa shape index (κ3) is 5.12. The van der Waals surface area contributed by atoms with Crippen LogP contribution in [0.25, 0.3) is 6.08 Å². The van der Waals surface area contributed by atoms with E-state index in [2.05, 4.69) is 10.6 Å². The van der Waals surface area contributed by atoms with Crippen molar-refractivity contribution in [3.63, 3.8) is 0 Å². The van der Waals surface area contributed by atoms with Crippen LogP contribution in [0.15, 0.2) is 48.2 Å². The molecule has 0 saturated carbocycles. The molecule has 0 radical (unpaired) electrons. The van der Waals surface area contributed by atoms with Crippen molar-refractivity contribution in [3.8, 4) is 5.75 Å². The first-order valence-corrected chi connectivity index (χ1v) is 9.41. The van der Waals surface area contributed by atoms with E-state index in [1.807, 2.05) is 13.0 Å². The Morgan fingerprint density at radius 3 is 2.93 bits per heavy atom. The Morgan fingerprint density at radius 1 is 1.29 bits per heavy atom. The van der Waals surface area contributed by atoms with Crippen LogP contribution in [-0.2, 0) is 9.53 Å². The van der Waals surface area contributed by atoms with E-state index in [1.165, 1.54) is 0 Å². The van der Waals surface area contributed by atoms with Crippen LogP contribution in [0.2, 0.25) is 5.02 Å². The SMILES string of the molecule is CCOCCCNC(=O)c1ccc2c(c1)NC(=O)C(=Cc1cccc(Cl)c1)O2.